The van der Waals surface area contributed by atoms with Gasteiger partial charge in [-0.3, -0.25) is 4.90 Å². The highest BCUT2D eigenvalue weighted by Gasteiger charge is 2.53. The zero-order valence-electron chi connectivity index (χ0n) is 16.2. The molecule has 4 rings (SSSR count). The van der Waals surface area contributed by atoms with Crippen LogP contribution in [0.4, 0.5) is 9.59 Å². The number of carbonyl (C=O) groups is 2. The third kappa shape index (κ3) is 4.01. The van der Waals surface area contributed by atoms with Gasteiger partial charge in [-0.05, 0) is 38.0 Å². The lowest BCUT2D eigenvalue weighted by atomic mass is 9.64. The summed E-state index contributed by atoms with van der Waals surface area (Å²) < 4.78 is 16.1. The van der Waals surface area contributed by atoms with Crippen LogP contribution in [0.15, 0.2) is 0 Å². The van der Waals surface area contributed by atoms with E-state index in [0.717, 1.165) is 65.0 Å². The Bertz CT molecular complexity index is 552. The van der Waals surface area contributed by atoms with Crippen molar-refractivity contribution < 1.29 is 23.8 Å². The monoisotopic (exact) mass is 381 g/mol. The van der Waals surface area contributed by atoms with Gasteiger partial charge in [0.2, 0.25) is 0 Å². The van der Waals surface area contributed by atoms with Crippen LogP contribution >= 0.6 is 0 Å². The van der Waals surface area contributed by atoms with Crippen LogP contribution in [0.3, 0.4) is 0 Å². The van der Waals surface area contributed by atoms with Gasteiger partial charge in [0.15, 0.2) is 0 Å². The van der Waals surface area contributed by atoms with E-state index in [1.54, 1.807) is 4.90 Å². The second-order valence-electron chi connectivity index (χ2n) is 8.35. The quantitative estimate of drug-likeness (QED) is 0.739. The van der Waals surface area contributed by atoms with Crippen LogP contribution in [-0.4, -0.2) is 98.1 Å². The molecule has 3 heterocycles. The maximum atomic E-state index is 12.3. The predicted molar refractivity (Wildman–Crippen MR) is 97.5 cm³/mol. The van der Waals surface area contributed by atoms with E-state index < -0.39 is 0 Å². The average molecular weight is 381 g/mol. The molecule has 3 aliphatic heterocycles. The molecule has 0 unspecified atom stereocenters. The Morgan fingerprint density at radius 2 is 1.89 bits per heavy atom. The van der Waals surface area contributed by atoms with E-state index in [0.29, 0.717) is 25.8 Å². The minimum absolute atomic E-state index is 0.0119. The van der Waals surface area contributed by atoms with E-state index in [9.17, 15) is 9.59 Å². The molecule has 0 radical (unpaired) electrons. The Morgan fingerprint density at radius 1 is 1.07 bits per heavy atom. The van der Waals surface area contributed by atoms with E-state index in [-0.39, 0.29) is 23.7 Å². The fourth-order valence-corrected chi connectivity index (χ4v) is 4.83. The van der Waals surface area contributed by atoms with Crippen LogP contribution in [0, 0.1) is 5.41 Å². The topological polar surface area (TPSA) is 71.6 Å². The average Bonchev–Trinajstić information content (AvgIpc) is 2.85. The number of hydrogen-bond donors (Lipinski definition) is 0. The molecule has 0 bridgehead atoms. The molecule has 4 aliphatic rings. The van der Waals surface area contributed by atoms with Gasteiger partial charge in [-0.2, -0.15) is 0 Å². The van der Waals surface area contributed by atoms with Gasteiger partial charge in [0.25, 0.3) is 0 Å². The second kappa shape index (κ2) is 7.83. The smallest absolute Gasteiger partial charge is 0.410 e. The highest BCUT2D eigenvalue weighted by Crippen LogP contribution is 2.51. The van der Waals surface area contributed by atoms with Crippen molar-refractivity contribution in [2.24, 2.45) is 5.41 Å². The first-order chi connectivity index (χ1) is 13.1. The summed E-state index contributed by atoms with van der Waals surface area (Å²) in [5.74, 6) is 0. The van der Waals surface area contributed by atoms with Crippen LogP contribution in [0.25, 0.3) is 0 Å². The molecule has 152 valence electrons. The van der Waals surface area contributed by atoms with Gasteiger partial charge in [0.05, 0.1) is 13.2 Å². The lowest BCUT2D eigenvalue weighted by molar-refractivity contribution is -0.0913. The Kier molecular flexibility index (Phi) is 5.45. The molecule has 4 fully saturated rings. The highest BCUT2D eigenvalue weighted by atomic mass is 16.6. The molecule has 0 aromatic carbocycles. The summed E-state index contributed by atoms with van der Waals surface area (Å²) in [6.45, 7) is 8.24. The first-order valence-electron chi connectivity index (χ1n) is 10.3. The van der Waals surface area contributed by atoms with E-state index in [2.05, 4.69) is 4.90 Å². The van der Waals surface area contributed by atoms with Crippen molar-refractivity contribution in [1.82, 2.24) is 14.7 Å². The largest absolute Gasteiger partial charge is 0.450 e. The Labute approximate surface area is 160 Å². The molecule has 1 aliphatic carbocycles. The van der Waals surface area contributed by atoms with Crippen LogP contribution in [0.2, 0.25) is 0 Å². The lowest BCUT2D eigenvalue weighted by Gasteiger charge is -2.54. The third-order valence-electron chi connectivity index (χ3n) is 6.44. The summed E-state index contributed by atoms with van der Waals surface area (Å²) in [4.78, 5) is 30.2. The van der Waals surface area contributed by atoms with E-state index >= 15 is 0 Å². The number of rotatable bonds is 3. The molecule has 0 N–H and O–H groups in total. The number of nitrogens with zero attached hydrogens (tertiary/aromatic N) is 3. The molecule has 0 aromatic rings. The van der Waals surface area contributed by atoms with Crippen LogP contribution in [-0.2, 0) is 14.2 Å². The lowest BCUT2D eigenvalue weighted by Crippen LogP contribution is -2.63. The Hall–Kier alpha value is -1.54. The van der Waals surface area contributed by atoms with Crippen LogP contribution in [0.5, 0.6) is 0 Å². The molecule has 3 saturated heterocycles. The Balaban J connectivity index is 1.15. The molecule has 8 heteroatoms. The number of likely N-dealkylation sites (tertiary alicyclic amines) is 2. The molecule has 27 heavy (non-hydrogen) atoms. The summed E-state index contributed by atoms with van der Waals surface area (Å²) in [6, 6.07) is 0.564. The summed E-state index contributed by atoms with van der Waals surface area (Å²) in [5.41, 5.74) is 0.283. The van der Waals surface area contributed by atoms with Gasteiger partial charge < -0.3 is 24.0 Å². The second-order valence-corrected chi connectivity index (χ2v) is 8.35. The van der Waals surface area contributed by atoms with Crippen molar-refractivity contribution in [3.05, 3.63) is 0 Å². The fraction of sp³-hybridized carbons (Fsp3) is 0.895. The van der Waals surface area contributed by atoms with Gasteiger partial charge in [0, 0.05) is 51.9 Å². The van der Waals surface area contributed by atoms with Crippen LogP contribution < -0.4 is 0 Å². The molecule has 1 spiro atoms. The van der Waals surface area contributed by atoms with E-state index in [4.69, 9.17) is 14.2 Å². The molecular weight excluding hydrogens is 350 g/mol. The maximum absolute atomic E-state index is 12.3. The molecule has 1 saturated carbocycles. The zero-order valence-corrected chi connectivity index (χ0v) is 16.2. The van der Waals surface area contributed by atoms with Crippen molar-refractivity contribution in [2.75, 3.05) is 59.1 Å². The number of amides is 2. The molecule has 0 aromatic heterocycles. The van der Waals surface area contributed by atoms with Gasteiger partial charge >= 0.3 is 12.2 Å². The van der Waals surface area contributed by atoms with Crippen molar-refractivity contribution >= 4 is 12.2 Å². The molecular formula is C19H31N3O5. The van der Waals surface area contributed by atoms with E-state index in [1.807, 2.05) is 11.8 Å². The summed E-state index contributed by atoms with van der Waals surface area (Å²) in [6.07, 6.45) is 3.85. The number of hydrogen-bond acceptors (Lipinski definition) is 6. The molecule has 8 nitrogen and oxygen atoms in total. The van der Waals surface area contributed by atoms with Crippen molar-refractivity contribution in [3.63, 3.8) is 0 Å². The molecule has 2 amide bonds. The van der Waals surface area contributed by atoms with Crippen LogP contribution in [0.1, 0.15) is 32.6 Å². The van der Waals surface area contributed by atoms with E-state index in [1.165, 1.54) is 0 Å². The summed E-state index contributed by atoms with van der Waals surface area (Å²) in [7, 11) is 0. The van der Waals surface area contributed by atoms with Gasteiger partial charge in [-0.15, -0.1) is 0 Å². The minimum Gasteiger partial charge on any atom is -0.450 e. The third-order valence-corrected chi connectivity index (χ3v) is 6.44. The number of ether oxygens (including phenoxy) is 3. The summed E-state index contributed by atoms with van der Waals surface area (Å²) >= 11 is 0. The van der Waals surface area contributed by atoms with Gasteiger partial charge in [-0.25, -0.2) is 9.59 Å². The summed E-state index contributed by atoms with van der Waals surface area (Å²) in [5, 5.41) is 0. The van der Waals surface area contributed by atoms with Crippen molar-refractivity contribution in [3.8, 4) is 0 Å². The first kappa shape index (κ1) is 18.8. The number of carbonyl (C=O) groups excluding carboxylic acids is 2. The fourth-order valence-electron chi connectivity index (χ4n) is 4.83. The first-order valence-corrected chi connectivity index (χ1v) is 10.3. The minimum atomic E-state index is -0.198. The standard InChI is InChI=1S/C19H31N3O5/c1-2-26-17(23)21-6-4-19(14-21)10-15(11-19)22-12-16(13-22)27-18(24)20-5-3-8-25-9-7-20/h15-16H,2-14H2,1H3. The normalized spacial score (nSPS) is 32.0. The SMILES string of the molecule is CCOC(=O)N1CCC2(CC(N3CC(OC(=O)N4CCCOCC4)C3)C2)C1. The predicted octanol–water partition coefficient (Wildman–Crippen LogP) is 1.54. The van der Waals surface area contributed by atoms with Crippen molar-refractivity contribution in [1.29, 1.82) is 0 Å². The maximum Gasteiger partial charge on any atom is 0.410 e. The highest BCUT2D eigenvalue weighted by molar-refractivity contribution is 5.68. The van der Waals surface area contributed by atoms with Crippen molar-refractivity contribution in [2.45, 2.75) is 44.8 Å². The van der Waals surface area contributed by atoms with Gasteiger partial charge in [-0.1, -0.05) is 0 Å². The molecule has 0 atom stereocenters. The zero-order chi connectivity index (χ0) is 18.9. The Morgan fingerprint density at radius 3 is 2.67 bits per heavy atom. The van der Waals surface area contributed by atoms with Gasteiger partial charge in [0.1, 0.15) is 6.10 Å².